The van der Waals surface area contributed by atoms with Gasteiger partial charge in [0.25, 0.3) is 0 Å². The van der Waals surface area contributed by atoms with Crippen molar-refractivity contribution >= 4 is 17.2 Å². The summed E-state index contributed by atoms with van der Waals surface area (Å²) in [7, 11) is 0. The fraction of sp³-hybridized carbons (Fsp3) is 0.150. The van der Waals surface area contributed by atoms with Crippen molar-refractivity contribution in [1.29, 1.82) is 0 Å². The molecular formula is C20H23N5. The maximum atomic E-state index is 5.79. The van der Waals surface area contributed by atoms with Crippen LogP contribution in [0.1, 0.15) is 26.5 Å². The SMILES string of the molecule is C=C/C(=C\C=C/C)c1nc2nc(N)ccn2c1-c1ccncc1.CC. The summed E-state index contributed by atoms with van der Waals surface area (Å²) >= 11 is 0. The zero-order valence-corrected chi connectivity index (χ0v) is 14.8. The molecule has 0 fully saturated rings. The molecule has 0 unspecified atom stereocenters. The van der Waals surface area contributed by atoms with E-state index in [1.54, 1.807) is 24.5 Å². The molecule has 0 aliphatic heterocycles. The molecular weight excluding hydrogens is 310 g/mol. The monoisotopic (exact) mass is 333 g/mol. The van der Waals surface area contributed by atoms with E-state index >= 15 is 0 Å². The molecule has 0 aliphatic rings. The second-order valence-electron chi connectivity index (χ2n) is 4.92. The third-order valence-corrected chi connectivity index (χ3v) is 3.43. The van der Waals surface area contributed by atoms with Crippen molar-refractivity contribution in [2.24, 2.45) is 0 Å². The molecule has 0 amide bonds. The highest BCUT2D eigenvalue weighted by molar-refractivity contribution is 5.84. The number of allylic oxidation sites excluding steroid dienone is 5. The van der Waals surface area contributed by atoms with E-state index in [0.29, 0.717) is 11.6 Å². The molecule has 5 nitrogen and oxygen atoms in total. The van der Waals surface area contributed by atoms with E-state index in [1.807, 2.05) is 61.7 Å². The predicted molar refractivity (Wildman–Crippen MR) is 105 cm³/mol. The number of aromatic nitrogens is 4. The Morgan fingerprint density at radius 2 is 1.88 bits per heavy atom. The van der Waals surface area contributed by atoms with Gasteiger partial charge in [-0.1, -0.05) is 44.7 Å². The lowest BCUT2D eigenvalue weighted by atomic mass is 10.1. The highest BCUT2D eigenvalue weighted by Crippen LogP contribution is 2.30. The summed E-state index contributed by atoms with van der Waals surface area (Å²) in [5.41, 5.74) is 9.45. The van der Waals surface area contributed by atoms with E-state index in [1.165, 1.54) is 0 Å². The van der Waals surface area contributed by atoms with Gasteiger partial charge in [-0.05, 0) is 25.1 Å². The molecule has 3 aromatic rings. The minimum atomic E-state index is 0.438. The lowest BCUT2D eigenvalue weighted by Crippen LogP contribution is -1.95. The Labute approximate surface area is 148 Å². The summed E-state index contributed by atoms with van der Waals surface area (Å²) in [5.74, 6) is 0.993. The van der Waals surface area contributed by atoms with Crippen LogP contribution in [0.5, 0.6) is 0 Å². The number of anilines is 1. The van der Waals surface area contributed by atoms with Crippen molar-refractivity contribution in [3.63, 3.8) is 0 Å². The topological polar surface area (TPSA) is 69.1 Å². The van der Waals surface area contributed by atoms with Gasteiger partial charge < -0.3 is 5.73 Å². The number of hydrogen-bond donors (Lipinski definition) is 1. The van der Waals surface area contributed by atoms with Crippen LogP contribution in [0.4, 0.5) is 5.82 Å². The van der Waals surface area contributed by atoms with Crippen LogP contribution in [0.15, 0.2) is 67.7 Å². The zero-order chi connectivity index (χ0) is 18.2. The Morgan fingerprint density at radius 1 is 1.16 bits per heavy atom. The largest absolute Gasteiger partial charge is 0.384 e. The first-order chi connectivity index (χ1) is 12.2. The maximum Gasteiger partial charge on any atom is 0.236 e. The van der Waals surface area contributed by atoms with Gasteiger partial charge >= 0.3 is 0 Å². The number of hydrogen-bond acceptors (Lipinski definition) is 4. The van der Waals surface area contributed by atoms with Crippen molar-refractivity contribution in [1.82, 2.24) is 19.4 Å². The molecule has 0 saturated carbocycles. The number of pyridine rings is 1. The van der Waals surface area contributed by atoms with Crippen LogP contribution < -0.4 is 5.73 Å². The third-order valence-electron chi connectivity index (χ3n) is 3.43. The lowest BCUT2D eigenvalue weighted by molar-refractivity contribution is 1.12. The van der Waals surface area contributed by atoms with E-state index in [2.05, 4.69) is 21.5 Å². The van der Waals surface area contributed by atoms with Gasteiger partial charge in [-0.15, -0.1) is 0 Å². The third kappa shape index (κ3) is 3.83. The van der Waals surface area contributed by atoms with Gasteiger partial charge in [-0.25, -0.2) is 4.98 Å². The number of nitrogens with zero attached hydrogens (tertiary/aromatic N) is 4. The first-order valence-corrected chi connectivity index (χ1v) is 8.25. The highest BCUT2D eigenvalue weighted by Gasteiger charge is 2.16. The Balaban J connectivity index is 0.00000109. The Morgan fingerprint density at radius 3 is 2.52 bits per heavy atom. The molecule has 2 N–H and O–H groups in total. The van der Waals surface area contributed by atoms with E-state index in [4.69, 9.17) is 5.73 Å². The van der Waals surface area contributed by atoms with Gasteiger partial charge in [0.15, 0.2) is 0 Å². The second kappa shape index (κ2) is 8.59. The van der Waals surface area contributed by atoms with Crippen LogP contribution in [-0.4, -0.2) is 19.4 Å². The average Bonchev–Trinajstić information content (AvgIpc) is 3.03. The first kappa shape index (κ1) is 18.1. The average molecular weight is 333 g/mol. The van der Waals surface area contributed by atoms with Crippen molar-refractivity contribution in [3.8, 4) is 11.3 Å². The number of rotatable bonds is 4. The molecule has 0 radical (unpaired) electrons. The van der Waals surface area contributed by atoms with Crippen molar-refractivity contribution < 1.29 is 0 Å². The molecule has 3 aromatic heterocycles. The maximum absolute atomic E-state index is 5.79. The first-order valence-electron chi connectivity index (χ1n) is 8.25. The molecule has 0 aliphatic carbocycles. The van der Waals surface area contributed by atoms with Crippen LogP contribution in [0.25, 0.3) is 22.6 Å². The normalized spacial score (nSPS) is 11.4. The van der Waals surface area contributed by atoms with Gasteiger partial charge in [0.1, 0.15) is 5.82 Å². The number of nitrogens with two attached hydrogens (primary N) is 1. The van der Waals surface area contributed by atoms with Crippen molar-refractivity contribution in [2.75, 3.05) is 5.73 Å². The van der Waals surface area contributed by atoms with Crippen molar-refractivity contribution in [3.05, 3.63) is 73.4 Å². The molecule has 0 bridgehead atoms. The van der Waals surface area contributed by atoms with E-state index in [-0.39, 0.29) is 0 Å². The number of imidazole rings is 1. The van der Waals surface area contributed by atoms with Gasteiger partial charge in [0.2, 0.25) is 5.78 Å². The van der Waals surface area contributed by atoms with Gasteiger partial charge in [-0.3, -0.25) is 9.38 Å². The summed E-state index contributed by atoms with van der Waals surface area (Å²) in [6.45, 7) is 9.87. The van der Waals surface area contributed by atoms with Crippen LogP contribution in [0, 0.1) is 0 Å². The fourth-order valence-electron chi connectivity index (χ4n) is 2.38. The summed E-state index contributed by atoms with van der Waals surface area (Å²) in [5, 5.41) is 0. The number of fused-ring (bicyclic) bond motifs is 1. The molecule has 0 atom stereocenters. The predicted octanol–water partition coefficient (Wildman–Crippen LogP) is 4.55. The fourth-order valence-corrected chi connectivity index (χ4v) is 2.38. The highest BCUT2D eigenvalue weighted by atomic mass is 15.1. The summed E-state index contributed by atoms with van der Waals surface area (Å²) in [6, 6.07) is 5.64. The minimum absolute atomic E-state index is 0.438. The quantitative estimate of drug-likeness (QED) is 0.711. The van der Waals surface area contributed by atoms with E-state index in [0.717, 1.165) is 22.5 Å². The molecule has 5 heteroatoms. The van der Waals surface area contributed by atoms with E-state index in [9.17, 15) is 0 Å². The standard InChI is InChI=1S/C18H17N5.C2H6/c1-3-5-6-13(4-2)16-17(14-7-10-20-11-8-14)23-12-9-15(19)21-18(23)22-16;1-2/h3-12H,2H2,1H3,(H2,19,21,22);1-2H3/b5-3-,13-6+;. The van der Waals surface area contributed by atoms with Crippen LogP contribution in [-0.2, 0) is 0 Å². The summed E-state index contributed by atoms with van der Waals surface area (Å²) in [4.78, 5) is 13.0. The summed E-state index contributed by atoms with van der Waals surface area (Å²) in [6.07, 6.45) is 13.1. The molecule has 0 saturated heterocycles. The van der Waals surface area contributed by atoms with Gasteiger partial charge in [0, 0.05) is 29.7 Å². The smallest absolute Gasteiger partial charge is 0.236 e. The molecule has 128 valence electrons. The minimum Gasteiger partial charge on any atom is -0.384 e. The Bertz CT molecular complexity index is 904. The van der Waals surface area contributed by atoms with Gasteiger partial charge in [-0.2, -0.15) is 4.98 Å². The molecule has 3 heterocycles. The van der Waals surface area contributed by atoms with Crippen LogP contribution in [0.3, 0.4) is 0 Å². The Kier molecular flexibility index (Phi) is 6.23. The van der Waals surface area contributed by atoms with Gasteiger partial charge in [0.05, 0.1) is 11.4 Å². The molecule has 3 rings (SSSR count). The Hall–Kier alpha value is -3.21. The molecule has 0 aromatic carbocycles. The molecule has 0 spiro atoms. The zero-order valence-electron chi connectivity index (χ0n) is 14.8. The van der Waals surface area contributed by atoms with E-state index < -0.39 is 0 Å². The second-order valence-corrected chi connectivity index (χ2v) is 4.92. The lowest BCUT2D eigenvalue weighted by Gasteiger charge is -2.05. The molecule has 25 heavy (non-hydrogen) atoms. The van der Waals surface area contributed by atoms with Crippen molar-refractivity contribution in [2.45, 2.75) is 20.8 Å². The van der Waals surface area contributed by atoms with Crippen LogP contribution in [0.2, 0.25) is 0 Å². The number of nitrogen functional groups attached to an aromatic ring is 1. The summed E-state index contributed by atoms with van der Waals surface area (Å²) < 4.78 is 1.92. The van der Waals surface area contributed by atoms with Crippen LogP contribution >= 0.6 is 0 Å².